The van der Waals surface area contributed by atoms with Crippen LogP contribution in [0.4, 0.5) is 24.5 Å². The van der Waals surface area contributed by atoms with Gasteiger partial charge in [0.25, 0.3) is 5.69 Å². The van der Waals surface area contributed by atoms with Crippen LogP contribution in [0.25, 0.3) is 0 Å². The van der Waals surface area contributed by atoms with Crippen molar-refractivity contribution in [2.45, 2.75) is 24.5 Å². The summed E-state index contributed by atoms with van der Waals surface area (Å²) in [6.07, 6.45) is -11.4. The van der Waals surface area contributed by atoms with Gasteiger partial charge < -0.3 is 25.5 Å². The zero-order valence-electron chi connectivity index (χ0n) is 13.2. The maximum atomic E-state index is 12.7. The van der Waals surface area contributed by atoms with E-state index in [-0.39, 0.29) is 0 Å². The van der Waals surface area contributed by atoms with Crippen molar-refractivity contribution in [3.63, 3.8) is 0 Å². The summed E-state index contributed by atoms with van der Waals surface area (Å²) in [7, 11) is 0. The molecule has 14 heteroatoms. The average Bonchev–Trinajstić information content (AvgIpc) is 2.58. The third kappa shape index (κ3) is 5.58. The number of nitro groups is 1. The van der Waals surface area contributed by atoms with Gasteiger partial charge >= 0.3 is 12.1 Å². The van der Waals surface area contributed by atoms with E-state index >= 15 is 0 Å². The molecule has 0 aliphatic carbocycles. The Morgan fingerprint density at radius 2 is 1.89 bits per heavy atom. The van der Waals surface area contributed by atoms with E-state index in [1.165, 1.54) is 0 Å². The Kier molecular flexibility index (Phi) is 7.18. The Labute approximate surface area is 148 Å². The van der Waals surface area contributed by atoms with Crippen molar-refractivity contribution in [3.8, 4) is 0 Å². The summed E-state index contributed by atoms with van der Waals surface area (Å²) in [5, 5.41) is 60.1. The van der Waals surface area contributed by atoms with Crippen molar-refractivity contribution in [2.75, 3.05) is 12.0 Å². The maximum Gasteiger partial charge on any atom is 0.416 e. The number of carboxylic acids is 1. The number of hydrogen-bond acceptors (Lipinski definition) is 9. The molecule has 0 aliphatic rings. The minimum Gasteiger partial charge on any atom is -0.477 e. The van der Waals surface area contributed by atoms with E-state index < -0.39 is 64.6 Å². The number of carboxylic acid groups (broad SMARTS) is 1. The van der Waals surface area contributed by atoms with E-state index in [9.17, 15) is 43.4 Å². The topological polar surface area (TPSA) is 186 Å². The van der Waals surface area contributed by atoms with Gasteiger partial charge in [-0.05, 0) is 12.1 Å². The number of benzene rings is 1. The molecule has 0 fully saturated rings. The molecule has 0 unspecified atom stereocenters. The van der Waals surface area contributed by atoms with E-state index in [0.29, 0.717) is 18.2 Å². The second-order valence-corrected chi connectivity index (χ2v) is 5.09. The Morgan fingerprint density at radius 3 is 2.33 bits per heavy atom. The lowest BCUT2D eigenvalue weighted by atomic mass is 10.0. The van der Waals surface area contributed by atoms with Crippen molar-refractivity contribution in [2.24, 2.45) is 5.10 Å². The first-order valence-corrected chi connectivity index (χ1v) is 6.97. The van der Waals surface area contributed by atoms with Crippen LogP contribution in [-0.2, 0) is 11.0 Å². The summed E-state index contributed by atoms with van der Waals surface area (Å²) in [6, 6.07) is 1.25. The highest BCUT2D eigenvalue weighted by Gasteiger charge is 2.34. The number of carbonyl (C=O) groups is 1. The molecule has 11 nitrogen and oxygen atoms in total. The maximum absolute atomic E-state index is 12.7. The number of anilines is 1. The molecule has 1 aromatic rings. The number of nitrogens with zero attached hydrogens (tertiary/aromatic N) is 2. The largest absolute Gasteiger partial charge is 0.477 e. The smallest absolute Gasteiger partial charge is 0.416 e. The van der Waals surface area contributed by atoms with Crippen LogP contribution in [0.5, 0.6) is 0 Å². The Balaban J connectivity index is 3.29. The molecule has 0 amide bonds. The molecular formula is C13H14F3N3O8. The minimum absolute atomic E-state index is 0.298. The van der Waals surface area contributed by atoms with Gasteiger partial charge in [0, 0.05) is 6.07 Å². The van der Waals surface area contributed by atoms with Gasteiger partial charge in [-0.15, -0.1) is 0 Å². The number of aliphatic carboxylic acids is 1. The highest BCUT2D eigenvalue weighted by Crippen LogP contribution is 2.34. The highest BCUT2D eigenvalue weighted by atomic mass is 19.4. The van der Waals surface area contributed by atoms with Gasteiger partial charge in [-0.1, -0.05) is 0 Å². The summed E-state index contributed by atoms with van der Waals surface area (Å²) in [5.74, 6) is -1.95. The fourth-order valence-electron chi connectivity index (χ4n) is 1.80. The fourth-order valence-corrected chi connectivity index (χ4v) is 1.80. The Bertz CT molecular complexity index is 740. The molecule has 1 rings (SSSR count). The molecule has 0 bridgehead atoms. The zero-order valence-corrected chi connectivity index (χ0v) is 13.2. The molecule has 0 heterocycles. The van der Waals surface area contributed by atoms with Gasteiger partial charge in [0.15, 0.2) is 5.71 Å². The van der Waals surface area contributed by atoms with Gasteiger partial charge in [-0.25, -0.2) is 4.79 Å². The van der Waals surface area contributed by atoms with Crippen LogP contribution in [-0.4, -0.2) is 67.1 Å². The van der Waals surface area contributed by atoms with Crippen molar-refractivity contribution >= 4 is 23.1 Å². The van der Waals surface area contributed by atoms with Crippen LogP contribution in [0.1, 0.15) is 5.56 Å². The Hall–Kier alpha value is -2.81. The highest BCUT2D eigenvalue weighted by molar-refractivity contribution is 6.37. The molecule has 6 N–H and O–H groups in total. The van der Waals surface area contributed by atoms with E-state index in [0.717, 1.165) is 0 Å². The molecule has 1 aromatic carbocycles. The Morgan fingerprint density at radius 1 is 1.30 bits per heavy atom. The second kappa shape index (κ2) is 8.72. The number of aliphatic hydroxyl groups excluding tert-OH is 4. The number of hydrogen-bond donors (Lipinski definition) is 6. The monoisotopic (exact) mass is 397 g/mol. The molecule has 27 heavy (non-hydrogen) atoms. The third-order valence-corrected chi connectivity index (χ3v) is 3.22. The first-order chi connectivity index (χ1) is 12.4. The van der Waals surface area contributed by atoms with Crippen molar-refractivity contribution in [1.29, 1.82) is 0 Å². The van der Waals surface area contributed by atoms with E-state index in [1.807, 2.05) is 0 Å². The van der Waals surface area contributed by atoms with Gasteiger partial charge in [0.05, 0.1) is 17.1 Å². The van der Waals surface area contributed by atoms with E-state index in [1.54, 1.807) is 5.43 Å². The summed E-state index contributed by atoms with van der Waals surface area (Å²) in [5.41, 5.74) is -2.55. The van der Waals surface area contributed by atoms with Gasteiger partial charge in [0.1, 0.15) is 24.0 Å². The molecule has 3 atom stereocenters. The molecule has 0 spiro atoms. The first-order valence-electron chi connectivity index (χ1n) is 6.97. The number of nitro benzene ring substituents is 1. The van der Waals surface area contributed by atoms with Crippen molar-refractivity contribution in [1.82, 2.24) is 0 Å². The standard InChI is InChI=1S/C13H14F3N3O8/c14-13(15,16)5-1-2-7(19(26)27)6(3-5)17-18-9(12(24)25)11(23)10(22)8(21)4-20/h1-3,8,10-11,17,20-23H,4H2,(H,24,25)/b18-9+/t8-,10-,11+/m1/s1. The number of halogens is 3. The lowest BCUT2D eigenvalue weighted by Gasteiger charge is -2.21. The number of rotatable bonds is 8. The molecule has 0 saturated carbocycles. The summed E-state index contributed by atoms with van der Waals surface area (Å²) in [6.45, 7) is -1.04. The predicted molar refractivity (Wildman–Crippen MR) is 81.9 cm³/mol. The van der Waals surface area contributed by atoms with Crippen LogP contribution in [0.2, 0.25) is 0 Å². The minimum atomic E-state index is -4.86. The van der Waals surface area contributed by atoms with E-state index in [4.69, 9.17) is 10.2 Å². The van der Waals surface area contributed by atoms with Gasteiger partial charge in [-0.3, -0.25) is 15.5 Å². The predicted octanol–water partition coefficient (Wildman–Crippen LogP) is -0.459. The molecule has 150 valence electrons. The van der Waals surface area contributed by atoms with Crippen LogP contribution in [0.3, 0.4) is 0 Å². The third-order valence-electron chi connectivity index (χ3n) is 3.22. The second-order valence-electron chi connectivity index (χ2n) is 5.09. The lowest BCUT2D eigenvalue weighted by molar-refractivity contribution is -0.384. The molecule has 0 aromatic heterocycles. The van der Waals surface area contributed by atoms with Gasteiger partial charge in [-0.2, -0.15) is 18.3 Å². The summed E-state index contributed by atoms with van der Waals surface area (Å²) >= 11 is 0. The van der Waals surface area contributed by atoms with Crippen molar-refractivity contribution < 1.29 is 48.4 Å². The summed E-state index contributed by atoms with van der Waals surface area (Å²) < 4.78 is 38.2. The van der Waals surface area contributed by atoms with Crippen LogP contribution >= 0.6 is 0 Å². The van der Waals surface area contributed by atoms with Crippen LogP contribution < -0.4 is 5.43 Å². The number of nitrogens with one attached hydrogen (secondary N) is 1. The fraction of sp³-hybridized carbons (Fsp3) is 0.385. The van der Waals surface area contributed by atoms with Gasteiger partial charge in [0.2, 0.25) is 0 Å². The molecule has 0 radical (unpaired) electrons. The quantitative estimate of drug-likeness (QED) is 0.192. The number of aliphatic hydroxyl groups is 4. The molecule has 0 saturated heterocycles. The number of hydrazone groups is 1. The normalized spacial score (nSPS) is 15.7. The van der Waals surface area contributed by atoms with Crippen molar-refractivity contribution in [3.05, 3.63) is 33.9 Å². The van der Waals surface area contributed by atoms with Crippen LogP contribution in [0.15, 0.2) is 23.3 Å². The van der Waals surface area contributed by atoms with E-state index in [2.05, 4.69) is 5.10 Å². The zero-order chi connectivity index (χ0) is 20.9. The summed E-state index contributed by atoms with van der Waals surface area (Å²) in [4.78, 5) is 21.0. The SMILES string of the molecule is O=C(O)/C(=N/Nc1cc(C(F)(F)F)ccc1[N+](=O)[O-])[C@H](O)[C@H](O)[C@H](O)CO. The lowest BCUT2D eigenvalue weighted by Crippen LogP contribution is -2.46. The first kappa shape index (κ1) is 22.2. The van der Waals surface area contributed by atoms with Crippen LogP contribution in [0, 0.1) is 10.1 Å². The molecular weight excluding hydrogens is 383 g/mol. The number of alkyl halides is 3. The average molecular weight is 397 g/mol. The molecule has 0 aliphatic heterocycles.